The standard InChI is InChI=1S/C15H24FNO/c1-11-7-13(3)14(15(16)9-11)8-12(2)10-17-5-6-18-4/h7,9,12,17H,5-6,8,10H2,1-4H3. The molecular formula is C15H24FNO. The van der Waals surface area contributed by atoms with Gasteiger partial charge in [-0.25, -0.2) is 4.39 Å². The van der Waals surface area contributed by atoms with Gasteiger partial charge in [0.1, 0.15) is 5.82 Å². The van der Waals surface area contributed by atoms with Gasteiger partial charge in [-0.2, -0.15) is 0 Å². The fourth-order valence-electron chi connectivity index (χ4n) is 2.15. The molecule has 0 bridgehead atoms. The van der Waals surface area contributed by atoms with Crippen molar-refractivity contribution in [1.29, 1.82) is 0 Å². The molecule has 0 aliphatic rings. The smallest absolute Gasteiger partial charge is 0.126 e. The summed E-state index contributed by atoms with van der Waals surface area (Å²) >= 11 is 0. The molecule has 0 radical (unpaired) electrons. The van der Waals surface area contributed by atoms with Crippen LogP contribution in [0.3, 0.4) is 0 Å². The molecule has 1 N–H and O–H groups in total. The minimum absolute atomic E-state index is 0.0729. The van der Waals surface area contributed by atoms with Crippen molar-refractivity contribution in [2.24, 2.45) is 5.92 Å². The van der Waals surface area contributed by atoms with Crippen LogP contribution in [0.4, 0.5) is 4.39 Å². The predicted octanol–water partition coefficient (Wildman–Crippen LogP) is 2.86. The Morgan fingerprint density at radius 1 is 1.33 bits per heavy atom. The molecule has 0 aromatic heterocycles. The Hall–Kier alpha value is -0.930. The molecule has 0 saturated heterocycles. The molecule has 2 nitrogen and oxygen atoms in total. The topological polar surface area (TPSA) is 21.3 Å². The first-order valence-corrected chi connectivity index (χ1v) is 6.50. The number of rotatable bonds is 7. The van der Waals surface area contributed by atoms with Gasteiger partial charge in [-0.05, 0) is 55.5 Å². The van der Waals surface area contributed by atoms with Gasteiger partial charge < -0.3 is 10.1 Å². The van der Waals surface area contributed by atoms with Crippen LogP contribution in [-0.4, -0.2) is 26.8 Å². The normalized spacial score (nSPS) is 12.7. The van der Waals surface area contributed by atoms with Crippen molar-refractivity contribution in [3.63, 3.8) is 0 Å². The minimum Gasteiger partial charge on any atom is -0.383 e. The van der Waals surface area contributed by atoms with Gasteiger partial charge in [0.05, 0.1) is 6.61 Å². The lowest BCUT2D eigenvalue weighted by Crippen LogP contribution is -2.26. The second kappa shape index (κ2) is 7.49. The van der Waals surface area contributed by atoms with Crippen LogP contribution >= 0.6 is 0 Å². The first kappa shape index (κ1) is 15.1. The van der Waals surface area contributed by atoms with Crippen molar-refractivity contribution in [2.75, 3.05) is 26.8 Å². The Bertz CT molecular complexity index is 356. The highest BCUT2D eigenvalue weighted by atomic mass is 19.1. The van der Waals surface area contributed by atoms with Crippen LogP contribution in [0.5, 0.6) is 0 Å². The van der Waals surface area contributed by atoms with Crippen molar-refractivity contribution in [1.82, 2.24) is 5.32 Å². The largest absolute Gasteiger partial charge is 0.383 e. The highest BCUT2D eigenvalue weighted by Gasteiger charge is 2.11. The Labute approximate surface area is 110 Å². The fourth-order valence-corrected chi connectivity index (χ4v) is 2.15. The zero-order chi connectivity index (χ0) is 13.5. The molecule has 1 aromatic rings. The average Bonchev–Trinajstić information content (AvgIpc) is 2.29. The predicted molar refractivity (Wildman–Crippen MR) is 73.5 cm³/mol. The maximum Gasteiger partial charge on any atom is 0.126 e. The van der Waals surface area contributed by atoms with E-state index in [4.69, 9.17) is 4.74 Å². The third kappa shape index (κ3) is 4.75. The molecular weight excluding hydrogens is 229 g/mol. The van der Waals surface area contributed by atoms with Crippen molar-refractivity contribution in [3.05, 3.63) is 34.6 Å². The maximum absolute atomic E-state index is 13.9. The van der Waals surface area contributed by atoms with Crippen LogP contribution in [0.2, 0.25) is 0 Å². The summed E-state index contributed by atoms with van der Waals surface area (Å²) in [7, 11) is 1.69. The van der Waals surface area contributed by atoms with Gasteiger partial charge in [0.15, 0.2) is 0 Å². The van der Waals surface area contributed by atoms with Gasteiger partial charge in [-0.3, -0.25) is 0 Å². The number of hydrogen-bond donors (Lipinski definition) is 1. The number of nitrogens with one attached hydrogen (secondary N) is 1. The first-order valence-electron chi connectivity index (χ1n) is 6.50. The highest BCUT2D eigenvalue weighted by molar-refractivity contribution is 5.32. The fraction of sp³-hybridized carbons (Fsp3) is 0.600. The van der Waals surface area contributed by atoms with E-state index in [-0.39, 0.29) is 5.82 Å². The van der Waals surface area contributed by atoms with Gasteiger partial charge in [0.2, 0.25) is 0 Å². The molecule has 0 aliphatic carbocycles. The van der Waals surface area contributed by atoms with E-state index in [1.807, 2.05) is 19.9 Å². The monoisotopic (exact) mass is 253 g/mol. The molecule has 18 heavy (non-hydrogen) atoms. The molecule has 3 heteroatoms. The van der Waals surface area contributed by atoms with E-state index in [0.717, 1.165) is 36.2 Å². The molecule has 102 valence electrons. The summed E-state index contributed by atoms with van der Waals surface area (Å²) in [6.45, 7) is 8.49. The van der Waals surface area contributed by atoms with Crippen LogP contribution in [0.15, 0.2) is 12.1 Å². The number of benzene rings is 1. The lowest BCUT2D eigenvalue weighted by atomic mass is 9.95. The Kier molecular flexibility index (Phi) is 6.30. The number of aryl methyl sites for hydroxylation is 2. The summed E-state index contributed by atoms with van der Waals surface area (Å²) < 4.78 is 18.8. The molecule has 0 spiro atoms. The second-order valence-electron chi connectivity index (χ2n) is 5.05. The number of halogens is 1. The third-order valence-electron chi connectivity index (χ3n) is 3.09. The van der Waals surface area contributed by atoms with Gasteiger partial charge in [0, 0.05) is 13.7 Å². The van der Waals surface area contributed by atoms with Gasteiger partial charge in [-0.15, -0.1) is 0 Å². The molecule has 1 atom stereocenters. The number of hydrogen-bond acceptors (Lipinski definition) is 2. The summed E-state index contributed by atoms with van der Waals surface area (Å²) in [5.74, 6) is 0.342. The zero-order valence-corrected chi connectivity index (χ0v) is 11.8. The van der Waals surface area contributed by atoms with E-state index < -0.39 is 0 Å². The Morgan fingerprint density at radius 2 is 2.06 bits per heavy atom. The van der Waals surface area contributed by atoms with E-state index in [2.05, 4.69) is 12.2 Å². The molecule has 0 heterocycles. The lowest BCUT2D eigenvalue weighted by molar-refractivity contribution is 0.198. The molecule has 1 aromatic carbocycles. The SMILES string of the molecule is COCCNCC(C)Cc1c(C)cc(C)cc1F. The second-order valence-corrected chi connectivity index (χ2v) is 5.05. The van der Waals surface area contributed by atoms with E-state index in [1.165, 1.54) is 0 Å². The number of ether oxygens (including phenoxy) is 1. The van der Waals surface area contributed by atoms with E-state index in [1.54, 1.807) is 13.2 Å². The third-order valence-corrected chi connectivity index (χ3v) is 3.09. The van der Waals surface area contributed by atoms with Crippen LogP contribution < -0.4 is 5.32 Å². The summed E-state index contributed by atoms with van der Waals surface area (Å²) in [4.78, 5) is 0. The molecule has 1 unspecified atom stereocenters. The summed E-state index contributed by atoms with van der Waals surface area (Å²) in [5.41, 5.74) is 2.89. The average molecular weight is 253 g/mol. The van der Waals surface area contributed by atoms with Gasteiger partial charge in [0.25, 0.3) is 0 Å². The van der Waals surface area contributed by atoms with Crippen LogP contribution in [0.1, 0.15) is 23.6 Å². The first-order chi connectivity index (χ1) is 8.54. The van der Waals surface area contributed by atoms with Crippen LogP contribution in [0.25, 0.3) is 0 Å². The summed E-state index contributed by atoms with van der Waals surface area (Å²) in [6.07, 6.45) is 0.776. The van der Waals surface area contributed by atoms with E-state index in [9.17, 15) is 4.39 Å². The van der Waals surface area contributed by atoms with Crippen molar-refractivity contribution < 1.29 is 9.13 Å². The highest BCUT2D eigenvalue weighted by Crippen LogP contribution is 2.19. The zero-order valence-electron chi connectivity index (χ0n) is 11.8. The molecule has 0 aliphatic heterocycles. The van der Waals surface area contributed by atoms with Crippen molar-refractivity contribution in [3.8, 4) is 0 Å². The van der Waals surface area contributed by atoms with Gasteiger partial charge >= 0.3 is 0 Å². The quantitative estimate of drug-likeness (QED) is 0.754. The summed E-state index contributed by atoms with van der Waals surface area (Å²) in [6, 6.07) is 3.66. The lowest BCUT2D eigenvalue weighted by Gasteiger charge is -2.15. The van der Waals surface area contributed by atoms with Crippen LogP contribution in [-0.2, 0) is 11.2 Å². The van der Waals surface area contributed by atoms with E-state index >= 15 is 0 Å². The minimum atomic E-state index is -0.0729. The molecule has 0 amide bonds. The number of methoxy groups -OCH3 is 1. The molecule has 0 fully saturated rings. The molecule has 1 rings (SSSR count). The Morgan fingerprint density at radius 3 is 2.67 bits per heavy atom. The Balaban J connectivity index is 2.51. The maximum atomic E-state index is 13.9. The van der Waals surface area contributed by atoms with Crippen LogP contribution in [0, 0.1) is 25.6 Å². The molecule has 0 saturated carbocycles. The van der Waals surface area contributed by atoms with Crippen molar-refractivity contribution >= 4 is 0 Å². The summed E-state index contributed by atoms with van der Waals surface area (Å²) in [5, 5.41) is 3.31. The van der Waals surface area contributed by atoms with E-state index in [0.29, 0.717) is 12.5 Å². The van der Waals surface area contributed by atoms with Crippen molar-refractivity contribution in [2.45, 2.75) is 27.2 Å². The van der Waals surface area contributed by atoms with Gasteiger partial charge in [-0.1, -0.05) is 13.0 Å².